The third-order valence-electron chi connectivity index (χ3n) is 10.5. The molecule has 3 aliphatic heterocycles. The number of halogens is 3. The molecular formula is C40H44F3N7O6. The predicted molar refractivity (Wildman–Crippen MR) is 198 cm³/mol. The second kappa shape index (κ2) is 16.3. The topological polar surface area (TPSA) is 147 Å². The fraction of sp³-hybridized carbons (Fsp3) is 0.450. The van der Waals surface area contributed by atoms with E-state index in [1.54, 1.807) is 16.7 Å². The zero-order chi connectivity index (χ0) is 39.6. The summed E-state index contributed by atoms with van der Waals surface area (Å²) >= 11 is 0. The first-order valence-electron chi connectivity index (χ1n) is 18.9. The van der Waals surface area contributed by atoms with Gasteiger partial charge in [-0.25, -0.2) is 9.97 Å². The Morgan fingerprint density at radius 3 is 2.32 bits per heavy atom. The summed E-state index contributed by atoms with van der Waals surface area (Å²) < 4.78 is 53.2. The number of hydrogen-bond acceptors (Lipinski definition) is 9. The highest BCUT2D eigenvalue weighted by Gasteiger charge is 2.33. The van der Waals surface area contributed by atoms with Crippen LogP contribution in [0.4, 0.5) is 18.9 Å². The van der Waals surface area contributed by atoms with Crippen LogP contribution in [0.3, 0.4) is 0 Å². The van der Waals surface area contributed by atoms with Gasteiger partial charge in [0.15, 0.2) is 6.10 Å². The van der Waals surface area contributed by atoms with Gasteiger partial charge in [0, 0.05) is 50.3 Å². The van der Waals surface area contributed by atoms with Crippen molar-refractivity contribution in [2.75, 3.05) is 38.0 Å². The molecule has 3 aliphatic rings. The van der Waals surface area contributed by atoms with E-state index in [1.807, 2.05) is 49.2 Å². The van der Waals surface area contributed by atoms with Crippen LogP contribution in [-0.2, 0) is 20.6 Å². The van der Waals surface area contributed by atoms with Crippen LogP contribution in [0.25, 0.3) is 5.65 Å². The molecule has 0 radical (unpaired) electrons. The fourth-order valence-electron chi connectivity index (χ4n) is 7.49. The summed E-state index contributed by atoms with van der Waals surface area (Å²) in [5.41, 5.74) is 1.37. The number of aromatic nitrogens is 3. The molecule has 56 heavy (non-hydrogen) atoms. The Bertz CT molecular complexity index is 2090. The standard InChI is InChI=1S/C40H44F3N7O6/c1-24(2)55-33-20-35-45-30(21-50(35)22-31(33)46-38(53)29-4-3-5-34(44-29)40(41,42)43)27-12-16-48(17-13-27)23-37(52)49-18-14-26(15-19-49)25-6-8-28(9-7-25)56-32-10-11-36(51)47-39(32)54/h3-9,20-22,24,26-27,32H,10-19,23H2,1-2H3,(H,46,53)(H,47,51,54). The number of carbonyl (C=O) groups excluding carboxylic acids is 4. The number of carbonyl (C=O) groups is 4. The van der Waals surface area contributed by atoms with E-state index in [2.05, 4.69) is 20.5 Å². The smallest absolute Gasteiger partial charge is 0.433 e. The Morgan fingerprint density at radius 2 is 1.64 bits per heavy atom. The van der Waals surface area contributed by atoms with Crippen LogP contribution in [0.2, 0.25) is 0 Å². The van der Waals surface area contributed by atoms with Crippen molar-refractivity contribution >= 4 is 35.0 Å². The normalized spacial score (nSPS) is 19.0. The van der Waals surface area contributed by atoms with Gasteiger partial charge < -0.3 is 24.1 Å². The average Bonchev–Trinajstić information content (AvgIpc) is 3.59. The van der Waals surface area contributed by atoms with Gasteiger partial charge in [0.05, 0.1) is 18.3 Å². The van der Waals surface area contributed by atoms with E-state index in [0.717, 1.165) is 56.6 Å². The number of ether oxygens (including phenoxy) is 2. The van der Waals surface area contributed by atoms with Crippen molar-refractivity contribution in [1.29, 1.82) is 0 Å². The number of imide groups is 1. The minimum Gasteiger partial charge on any atom is -0.489 e. The summed E-state index contributed by atoms with van der Waals surface area (Å²) in [6.45, 7) is 6.84. The largest absolute Gasteiger partial charge is 0.489 e. The number of fused-ring (bicyclic) bond motifs is 1. The molecule has 6 heterocycles. The first-order chi connectivity index (χ1) is 26.8. The van der Waals surface area contributed by atoms with Crippen molar-refractivity contribution in [1.82, 2.24) is 29.5 Å². The second-order valence-corrected chi connectivity index (χ2v) is 14.8. The molecule has 1 atom stereocenters. The number of imidazole rings is 1. The maximum absolute atomic E-state index is 13.3. The SMILES string of the molecule is CC(C)Oc1cc2nc(C3CCN(CC(=O)N4CCC(c5ccc(OC6CCC(=O)NC6=O)cc5)CC4)CC3)cn2cc1NC(=O)c1cccc(C(F)(F)F)n1. The number of hydrogen-bond donors (Lipinski definition) is 2. The molecule has 7 rings (SSSR count). The highest BCUT2D eigenvalue weighted by atomic mass is 19.4. The minimum absolute atomic E-state index is 0.121. The molecule has 4 aromatic rings. The Hall–Kier alpha value is -5.51. The van der Waals surface area contributed by atoms with Crippen LogP contribution >= 0.6 is 0 Å². The summed E-state index contributed by atoms with van der Waals surface area (Å²) in [6.07, 6.45) is 1.86. The number of likely N-dealkylation sites (tertiary alicyclic amines) is 2. The van der Waals surface area contributed by atoms with Gasteiger partial charge in [-0.1, -0.05) is 18.2 Å². The zero-order valence-corrected chi connectivity index (χ0v) is 31.2. The lowest BCUT2D eigenvalue weighted by Gasteiger charge is -2.35. The molecule has 13 nitrogen and oxygen atoms in total. The summed E-state index contributed by atoms with van der Waals surface area (Å²) in [6, 6.07) is 12.6. The molecule has 1 unspecified atom stereocenters. The quantitative estimate of drug-likeness (QED) is 0.198. The number of rotatable bonds is 10. The maximum Gasteiger partial charge on any atom is 0.433 e. The van der Waals surface area contributed by atoms with Crippen LogP contribution in [-0.4, -0.2) is 92.7 Å². The zero-order valence-electron chi connectivity index (χ0n) is 31.2. The number of piperidine rings is 3. The van der Waals surface area contributed by atoms with E-state index in [1.165, 1.54) is 11.6 Å². The average molecular weight is 776 g/mol. The lowest BCUT2D eigenvalue weighted by Crippen LogP contribution is -2.46. The molecule has 0 aliphatic carbocycles. The van der Waals surface area contributed by atoms with Crippen LogP contribution in [0, 0.1) is 0 Å². The number of alkyl halides is 3. The van der Waals surface area contributed by atoms with E-state index in [0.29, 0.717) is 49.1 Å². The van der Waals surface area contributed by atoms with Crippen LogP contribution in [0.5, 0.6) is 11.5 Å². The van der Waals surface area contributed by atoms with Crippen molar-refractivity contribution in [2.45, 2.75) is 82.6 Å². The highest BCUT2D eigenvalue weighted by Crippen LogP contribution is 2.34. The number of amides is 4. The van der Waals surface area contributed by atoms with Crippen molar-refractivity contribution < 1.29 is 41.8 Å². The van der Waals surface area contributed by atoms with Gasteiger partial charge >= 0.3 is 6.18 Å². The number of nitrogens with one attached hydrogen (secondary N) is 2. The first kappa shape index (κ1) is 38.8. The van der Waals surface area contributed by atoms with Crippen LogP contribution in [0.15, 0.2) is 60.9 Å². The summed E-state index contributed by atoms with van der Waals surface area (Å²) in [5.74, 6) is 0.00939. The molecule has 3 saturated heterocycles. The van der Waals surface area contributed by atoms with Gasteiger partial charge in [-0.15, -0.1) is 0 Å². The lowest BCUT2D eigenvalue weighted by atomic mass is 9.89. The Balaban J connectivity index is 0.906. The molecule has 3 aromatic heterocycles. The highest BCUT2D eigenvalue weighted by molar-refractivity contribution is 6.03. The summed E-state index contributed by atoms with van der Waals surface area (Å²) in [5, 5.41) is 4.97. The third kappa shape index (κ3) is 9.12. The van der Waals surface area contributed by atoms with Gasteiger partial charge in [0.1, 0.15) is 34.2 Å². The molecule has 2 N–H and O–H groups in total. The monoisotopic (exact) mass is 775 g/mol. The van der Waals surface area contributed by atoms with Crippen molar-refractivity contribution in [2.24, 2.45) is 0 Å². The van der Waals surface area contributed by atoms with Gasteiger partial charge in [-0.2, -0.15) is 13.2 Å². The summed E-state index contributed by atoms with van der Waals surface area (Å²) in [4.78, 5) is 62.3. The molecule has 0 bridgehead atoms. The molecule has 4 amide bonds. The maximum atomic E-state index is 13.3. The lowest BCUT2D eigenvalue weighted by molar-refractivity contribution is -0.141. The summed E-state index contributed by atoms with van der Waals surface area (Å²) in [7, 11) is 0. The van der Waals surface area contributed by atoms with E-state index in [9.17, 15) is 32.3 Å². The van der Waals surface area contributed by atoms with Gasteiger partial charge in [0.25, 0.3) is 11.8 Å². The van der Waals surface area contributed by atoms with Gasteiger partial charge in [0.2, 0.25) is 11.8 Å². The van der Waals surface area contributed by atoms with E-state index < -0.39 is 29.8 Å². The van der Waals surface area contributed by atoms with Crippen LogP contribution in [0.1, 0.15) is 91.6 Å². The Morgan fingerprint density at radius 1 is 0.929 bits per heavy atom. The number of nitrogens with zero attached hydrogens (tertiary/aromatic N) is 5. The molecule has 3 fully saturated rings. The molecule has 296 valence electrons. The third-order valence-corrected chi connectivity index (χ3v) is 10.5. The van der Waals surface area contributed by atoms with E-state index in [-0.39, 0.29) is 41.6 Å². The van der Waals surface area contributed by atoms with Crippen molar-refractivity contribution in [3.05, 3.63) is 83.6 Å². The number of benzene rings is 1. The molecule has 0 saturated carbocycles. The minimum atomic E-state index is -4.69. The predicted octanol–water partition coefficient (Wildman–Crippen LogP) is 5.56. The Kier molecular flexibility index (Phi) is 11.3. The van der Waals surface area contributed by atoms with E-state index >= 15 is 0 Å². The second-order valence-electron chi connectivity index (χ2n) is 14.8. The van der Waals surface area contributed by atoms with Gasteiger partial charge in [-0.3, -0.25) is 29.4 Å². The first-order valence-corrected chi connectivity index (χ1v) is 18.9. The number of anilines is 1. The van der Waals surface area contributed by atoms with Gasteiger partial charge in [-0.05, 0) is 88.4 Å². The van der Waals surface area contributed by atoms with Crippen LogP contribution < -0.4 is 20.1 Å². The Labute approximate surface area is 321 Å². The van der Waals surface area contributed by atoms with E-state index in [4.69, 9.17) is 14.5 Å². The fourth-order valence-corrected chi connectivity index (χ4v) is 7.49. The molecule has 0 spiro atoms. The molecule has 16 heteroatoms. The van der Waals surface area contributed by atoms with Crippen molar-refractivity contribution in [3.63, 3.8) is 0 Å². The number of pyridine rings is 2. The molecular weight excluding hydrogens is 731 g/mol. The molecule has 1 aromatic carbocycles. The van der Waals surface area contributed by atoms with Crippen molar-refractivity contribution in [3.8, 4) is 11.5 Å².